The molecule has 2 amide bonds. The zero-order valence-corrected chi connectivity index (χ0v) is 16.3. The molecule has 148 valence electrons. The summed E-state index contributed by atoms with van der Waals surface area (Å²) >= 11 is 0. The Labute approximate surface area is 169 Å². The van der Waals surface area contributed by atoms with E-state index in [1.54, 1.807) is 61.7 Å². The Hall–Kier alpha value is -3.80. The Balaban J connectivity index is 1.51. The minimum absolute atomic E-state index is 0.113. The molecule has 0 spiro atoms. The standard InChI is InChI=1S/C23H22N2O4/c1-16-5-3-4-6-21(16)23(27)25-18-9-7-17(8-10-18)24-22(26)15-29-20-13-11-19(28-2)12-14-20/h3-14H,15H2,1-2H3,(H,24,26)(H,25,27). The quantitative estimate of drug-likeness (QED) is 0.632. The monoisotopic (exact) mass is 390 g/mol. The number of carbonyl (C=O) groups excluding carboxylic acids is 2. The Bertz CT molecular complexity index is 983. The van der Waals surface area contributed by atoms with E-state index in [1.165, 1.54) is 0 Å². The molecule has 3 rings (SSSR count). The third kappa shape index (κ3) is 5.59. The first-order valence-electron chi connectivity index (χ1n) is 9.09. The predicted molar refractivity (Wildman–Crippen MR) is 113 cm³/mol. The summed E-state index contributed by atoms with van der Waals surface area (Å²) in [5.41, 5.74) is 2.79. The maximum absolute atomic E-state index is 12.4. The van der Waals surface area contributed by atoms with E-state index in [9.17, 15) is 9.59 Å². The smallest absolute Gasteiger partial charge is 0.262 e. The summed E-state index contributed by atoms with van der Waals surface area (Å²) in [7, 11) is 1.59. The van der Waals surface area contributed by atoms with Crippen LogP contribution >= 0.6 is 0 Å². The van der Waals surface area contributed by atoms with Crippen LogP contribution in [0.1, 0.15) is 15.9 Å². The summed E-state index contributed by atoms with van der Waals surface area (Å²) in [5, 5.41) is 5.60. The molecule has 0 saturated heterocycles. The fourth-order valence-electron chi connectivity index (χ4n) is 2.68. The van der Waals surface area contributed by atoms with Crippen LogP contribution in [0.2, 0.25) is 0 Å². The molecule has 6 heteroatoms. The molecule has 0 unspecified atom stereocenters. The van der Waals surface area contributed by atoms with Crippen LogP contribution in [-0.2, 0) is 4.79 Å². The van der Waals surface area contributed by atoms with Gasteiger partial charge in [0.05, 0.1) is 7.11 Å². The summed E-state index contributed by atoms with van der Waals surface area (Å²) in [6.45, 7) is 1.78. The molecule has 0 saturated carbocycles. The molecule has 0 radical (unpaired) electrons. The second kappa shape index (κ2) is 9.41. The van der Waals surface area contributed by atoms with E-state index in [0.717, 1.165) is 11.3 Å². The van der Waals surface area contributed by atoms with Gasteiger partial charge in [0.1, 0.15) is 11.5 Å². The van der Waals surface area contributed by atoms with Crippen LogP contribution in [0.25, 0.3) is 0 Å². The van der Waals surface area contributed by atoms with Crippen molar-refractivity contribution < 1.29 is 19.1 Å². The highest BCUT2D eigenvalue weighted by molar-refractivity contribution is 6.05. The normalized spacial score (nSPS) is 10.1. The molecule has 0 bridgehead atoms. The van der Waals surface area contributed by atoms with Crippen LogP contribution in [0.4, 0.5) is 11.4 Å². The third-order valence-electron chi connectivity index (χ3n) is 4.25. The van der Waals surface area contributed by atoms with Gasteiger partial charge >= 0.3 is 0 Å². The molecule has 29 heavy (non-hydrogen) atoms. The van der Waals surface area contributed by atoms with Gasteiger partial charge in [-0.2, -0.15) is 0 Å². The average Bonchev–Trinajstić information content (AvgIpc) is 2.74. The number of amides is 2. The SMILES string of the molecule is COc1ccc(OCC(=O)Nc2ccc(NC(=O)c3ccccc3C)cc2)cc1. The molecule has 6 nitrogen and oxygen atoms in total. The van der Waals surface area contributed by atoms with Crippen LogP contribution in [-0.4, -0.2) is 25.5 Å². The number of hydrogen-bond acceptors (Lipinski definition) is 4. The van der Waals surface area contributed by atoms with E-state index in [4.69, 9.17) is 9.47 Å². The van der Waals surface area contributed by atoms with Crippen LogP contribution in [0.3, 0.4) is 0 Å². The van der Waals surface area contributed by atoms with E-state index in [-0.39, 0.29) is 18.4 Å². The number of nitrogens with one attached hydrogen (secondary N) is 2. The highest BCUT2D eigenvalue weighted by atomic mass is 16.5. The zero-order valence-electron chi connectivity index (χ0n) is 16.3. The summed E-state index contributed by atoms with van der Waals surface area (Å²) in [6, 6.07) is 21.3. The summed E-state index contributed by atoms with van der Waals surface area (Å²) in [6.07, 6.45) is 0. The molecular formula is C23H22N2O4. The van der Waals surface area contributed by atoms with E-state index >= 15 is 0 Å². The van der Waals surface area contributed by atoms with Gasteiger partial charge in [0.25, 0.3) is 11.8 Å². The van der Waals surface area contributed by atoms with Crippen molar-refractivity contribution in [2.24, 2.45) is 0 Å². The first-order chi connectivity index (χ1) is 14.0. The van der Waals surface area contributed by atoms with Crippen molar-refractivity contribution in [3.05, 3.63) is 83.9 Å². The number of anilines is 2. The summed E-state index contributed by atoms with van der Waals surface area (Å²) < 4.78 is 10.5. The van der Waals surface area contributed by atoms with Crippen molar-refractivity contribution in [1.82, 2.24) is 0 Å². The van der Waals surface area contributed by atoms with Gasteiger partial charge in [-0.25, -0.2) is 0 Å². The van der Waals surface area contributed by atoms with Crippen molar-refractivity contribution in [3.8, 4) is 11.5 Å². The molecule has 2 N–H and O–H groups in total. The molecule has 0 heterocycles. The van der Waals surface area contributed by atoms with Crippen LogP contribution in [0.15, 0.2) is 72.8 Å². The van der Waals surface area contributed by atoms with Gasteiger partial charge in [0.15, 0.2) is 6.61 Å². The minimum Gasteiger partial charge on any atom is -0.497 e. The highest BCUT2D eigenvalue weighted by Crippen LogP contribution is 2.18. The molecule has 0 aliphatic heterocycles. The second-order valence-corrected chi connectivity index (χ2v) is 6.36. The molecule has 0 aromatic heterocycles. The number of rotatable bonds is 7. The number of ether oxygens (including phenoxy) is 2. The first kappa shape index (κ1) is 19.9. The lowest BCUT2D eigenvalue weighted by Gasteiger charge is -2.10. The number of carbonyl (C=O) groups is 2. The minimum atomic E-state index is -0.280. The predicted octanol–water partition coefficient (Wildman–Crippen LogP) is 4.27. The van der Waals surface area contributed by atoms with Gasteiger partial charge in [-0.15, -0.1) is 0 Å². The van der Waals surface area contributed by atoms with Crippen LogP contribution < -0.4 is 20.1 Å². The zero-order chi connectivity index (χ0) is 20.6. The van der Waals surface area contributed by atoms with Crippen molar-refractivity contribution in [1.29, 1.82) is 0 Å². The Morgan fingerprint density at radius 3 is 2.00 bits per heavy atom. The number of aryl methyl sites for hydroxylation is 1. The molecule has 0 aliphatic carbocycles. The van der Waals surface area contributed by atoms with Crippen molar-refractivity contribution in [3.63, 3.8) is 0 Å². The van der Waals surface area contributed by atoms with Gasteiger partial charge in [-0.3, -0.25) is 9.59 Å². The van der Waals surface area contributed by atoms with Crippen molar-refractivity contribution in [2.45, 2.75) is 6.92 Å². The lowest BCUT2D eigenvalue weighted by atomic mass is 10.1. The van der Waals surface area contributed by atoms with Gasteiger partial charge in [0, 0.05) is 16.9 Å². The Morgan fingerprint density at radius 1 is 0.793 bits per heavy atom. The van der Waals surface area contributed by atoms with E-state index in [2.05, 4.69) is 10.6 Å². The van der Waals surface area contributed by atoms with Crippen LogP contribution in [0.5, 0.6) is 11.5 Å². The molecule has 0 atom stereocenters. The highest BCUT2D eigenvalue weighted by Gasteiger charge is 2.09. The first-order valence-corrected chi connectivity index (χ1v) is 9.09. The van der Waals surface area contributed by atoms with Gasteiger partial charge in [-0.1, -0.05) is 18.2 Å². The van der Waals surface area contributed by atoms with Crippen molar-refractivity contribution >= 4 is 23.2 Å². The van der Waals surface area contributed by atoms with E-state index in [1.807, 2.05) is 25.1 Å². The number of methoxy groups -OCH3 is 1. The Kier molecular flexibility index (Phi) is 6.47. The third-order valence-corrected chi connectivity index (χ3v) is 4.25. The maximum Gasteiger partial charge on any atom is 0.262 e. The summed E-state index contributed by atoms with van der Waals surface area (Å²) in [5.74, 6) is 0.844. The van der Waals surface area contributed by atoms with E-state index < -0.39 is 0 Å². The summed E-state index contributed by atoms with van der Waals surface area (Å²) in [4.78, 5) is 24.4. The van der Waals surface area contributed by atoms with Gasteiger partial charge < -0.3 is 20.1 Å². The molecular weight excluding hydrogens is 368 g/mol. The Morgan fingerprint density at radius 2 is 1.38 bits per heavy atom. The van der Waals surface area contributed by atoms with Crippen LogP contribution in [0, 0.1) is 6.92 Å². The van der Waals surface area contributed by atoms with Gasteiger partial charge in [0.2, 0.25) is 0 Å². The molecule has 3 aromatic rings. The topological polar surface area (TPSA) is 76.7 Å². The lowest BCUT2D eigenvalue weighted by Crippen LogP contribution is -2.20. The molecule has 3 aromatic carbocycles. The molecule has 0 fully saturated rings. The van der Waals surface area contributed by atoms with Gasteiger partial charge in [-0.05, 0) is 67.1 Å². The number of hydrogen-bond donors (Lipinski definition) is 2. The van der Waals surface area contributed by atoms with E-state index in [0.29, 0.717) is 22.7 Å². The second-order valence-electron chi connectivity index (χ2n) is 6.36. The number of benzene rings is 3. The largest absolute Gasteiger partial charge is 0.497 e. The van der Waals surface area contributed by atoms with Crippen molar-refractivity contribution in [2.75, 3.05) is 24.4 Å². The fraction of sp³-hybridized carbons (Fsp3) is 0.130. The fourth-order valence-corrected chi connectivity index (χ4v) is 2.68. The molecule has 0 aliphatic rings. The lowest BCUT2D eigenvalue weighted by molar-refractivity contribution is -0.118. The maximum atomic E-state index is 12.4. The average molecular weight is 390 g/mol.